The lowest BCUT2D eigenvalue weighted by Crippen LogP contribution is -2.31. The zero-order valence-electron chi connectivity index (χ0n) is 12.5. The third kappa shape index (κ3) is 4.05. The molecule has 19 heavy (non-hydrogen) atoms. The van der Waals surface area contributed by atoms with Crippen LogP contribution < -0.4 is 5.32 Å². The van der Waals surface area contributed by atoms with Crippen LogP contribution in [-0.4, -0.2) is 20.3 Å². The van der Waals surface area contributed by atoms with Crippen LogP contribution in [0.1, 0.15) is 44.7 Å². The Hall–Kier alpha value is -0.860. The molecule has 1 atom stereocenters. The highest BCUT2D eigenvalue weighted by Crippen LogP contribution is 2.48. The lowest BCUT2D eigenvalue weighted by Gasteiger charge is -2.26. The fourth-order valence-corrected chi connectivity index (χ4v) is 2.74. The number of hydrogen-bond donors (Lipinski definition) is 1. The molecule has 2 heteroatoms. The molecule has 0 heterocycles. The van der Waals surface area contributed by atoms with Crippen LogP contribution in [0, 0.1) is 11.3 Å². The second-order valence-electron chi connectivity index (χ2n) is 6.26. The Labute approximate surface area is 117 Å². The maximum atomic E-state index is 5.23. The number of nitrogens with one attached hydrogen (secondary N) is 1. The molecule has 0 spiro atoms. The first kappa shape index (κ1) is 14.5. The van der Waals surface area contributed by atoms with Crippen molar-refractivity contribution < 1.29 is 4.74 Å². The molecule has 2 nitrogen and oxygen atoms in total. The van der Waals surface area contributed by atoms with Crippen molar-refractivity contribution in [1.29, 1.82) is 0 Å². The quantitative estimate of drug-likeness (QED) is 0.768. The molecule has 0 radical (unpaired) electrons. The van der Waals surface area contributed by atoms with Crippen LogP contribution in [0.2, 0.25) is 0 Å². The smallest absolute Gasteiger partial charge is 0.0468 e. The van der Waals surface area contributed by atoms with E-state index in [1.165, 1.54) is 24.8 Å². The molecule has 1 saturated carbocycles. The summed E-state index contributed by atoms with van der Waals surface area (Å²) in [4.78, 5) is 0. The predicted molar refractivity (Wildman–Crippen MR) is 80.2 cm³/mol. The Bertz CT molecular complexity index is 370. The average molecular weight is 261 g/mol. The number of rotatable bonds is 8. The molecule has 0 aromatic heterocycles. The summed E-state index contributed by atoms with van der Waals surface area (Å²) in [6.45, 7) is 6.59. The van der Waals surface area contributed by atoms with Gasteiger partial charge < -0.3 is 10.1 Å². The largest absolute Gasteiger partial charge is 0.385 e. The van der Waals surface area contributed by atoms with Crippen molar-refractivity contribution in [2.75, 3.05) is 20.3 Å². The van der Waals surface area contributed by atoms with Crippen molar-refractivity contribution in [3.05, 3.63) is 35.9 Å². The van der Waals surface area contributed by atoms with Crippen LogP contribution in [0.5, 0.6) is 0 Å². The maximum absolute atomic E-state index is 5.23. The Morgan fingerprint density at radius 3 is 2.42 bits per heavy atom. The molecule has 1 aromatic carbocycles. The highest BCUT2D eigenvalue weighted by Gasteiger charge is 2.42. The van der Waals surface area contributed by atoms with Crippen LogP contribution in [-0.2, 0) is 4.74 Å². The molecule has 1 N–H and O–H groups in total. The second-order valence-corrected chi connectivity index (χ2v) is 6.26. The first-order valence-corrected chi connectivity index (χ1v) is 7.44. The van der Waals surface area contributed by atoms with E-state index in [2.05, 4.69) is 49.5 Å². The molecule has 0 saturated heterocycles. The van der Waals surface area contributed by atoms with E-state index < -0.39 is 0 Å². The Morgan fingerprint density at radius 2 is 1.89 bits per heavy atom. The molecule has 2 rings (SSSR count). The lowest BCUT2D eigenvalue weighted by molar-refractivity contribution is 0.169. The third-order valence-corrected chi connectivity index (χ3v) is 4.32. The van der Waals surface area contributed by atoms with E-state index in [1.807, 2.05) is 0 Å². The minimum absolute atomic E-state index is 0.459. The van der Waals surface area contributed by atoms with Gasteiger partial charge >= 0.3 is 0 Å². The van der Waals surface area contributed by atoms with Gasteiger partial charge in [0.05, 0.1) is 0 Å². The minimum atomic E-state index is 0.459. The number of hydrogen-bond acceptors (Lipinski definition) is 2. The lowest BCUT2D eigenvalue weighted by atomic mass is 9.94. The summed E-state index contributed by atoms with van der Waals surface area (Å²) in [6.07, 6.45) is 3.89. The van der Waals surface area contributed by atoms with Crippen molar-refractivity contribution in [2.45, 2.75) is 39.2 Å². The summed E-state index contributed by atoms with van der Waals surface area (Å²) < 4.78 is 5.23. The van der Waals surface area contributed by atoms with Gasteiger partial charge in [-0.3, -0.25) is 0 Å². The highest BCUT2D eigenvalue weighted by atomic mass is 16.5. The van der Waals surface area contributed by atoms with E-state index in [-0.39, 0.29) is 0 Å². The van der Waals surface area contributed by atoms with Crippen molar-refractivity contribution in [1.82, 2.24) is 5.32 Å². The van der Waals surface area contributed by atoms with Crippen LogP contribution in [0.15, 0.2) is 30.3 Å². The molecular formula is C17H27NO. The minimum Gasteiger partial charge on any atom is -0.385 e. The van der Waals surface area contributed by atoms with Crippen molar-refractivity contribution in [2.24, 2.45) is 11.3 Å². The molecule has 1 aliphatic rings. The Morgan fingerprint density at radius 1 is 1.21 bits per heavy atom. The fourth-order valence-electron chi connectivity index (χ4n) is 2.74. The van der Waals surface area contributed by atoms with Crippen molar-refractivity contribution in [3.8, 4) is 0 Å². The molecule has 0 aliphatic heterocycles. The van der Waals surface area contributed by atoms with E-state index in [9.17, 15) is 0 Å². The van der Waals surface area contributed by atoms with Crippen LogP contribution in [0.3, 0.4) is 0 Å². The normalized spacial score (nSPS) is 18.5. The van der Waals surface area contributed by atoms with E-state index in [0.29, 0.717) is 17.4 Å². The maximum Gasteiger partial charge on any atom is 0.0468 e. The van der Waals surface area contributed by atoms with Gasteiger partial charge in [0, 0.05) is 26.3 Å². The summed E-state index contributed by atoms with van der Waals surface area (Å²) in [7, 11) is 1.80. The summed E-state index contributed by atoms with van der Waals surface area (Å²) in [6, 6.07) is 11.3. The van der Waals surface area contributed by atoms with Gasteiger partial charge in [0.25, 0.3) is 0 Å². The first-order chi connectivity index (χ1) is 9.17. The molecule has 1 unspecified atom stereocenters. The van der Waals surface area contributed by atoms with E-state index in [4.69, 9.17) is 4.74 Å². The van der Waals surface area contributed by atoms with E-state index in [1.54, 1.807) is 7.11 Å². The molecule has 106 valence electrons. The molecule has 0 amide bonds. The SMILES string of the molecule is COCCC1(CNC(c2ccccc2)C(C)C)CC1. The molecule has 1 aliphatic carbocycles. The van der Waals surface area contributed by atoms with E-state index in [0.717, 1.165) is 13.2 Å². The van der Waals surface area contributed by atoms with Crippen LogP contribution in [0.25, 0.3) is 0 Å². The van der Waals surface area contributed by atoms with Gasteiger partial charge in [-0.05, 0) is 36.2 Å². The van der Waals surface area contributed by atoms with Gasteiger partial charge in [-0.1, -0.05) is 44.2 Å². The number of methoxy groups -OCH3 is 1. The summed E-state index contributed by atoms with van der Waals surface area (Å²) in [5.74, 6) is 0.612. The van der Waals surface area contributed by atoms with Gasteiger partial charge in [0.1, 0.15) is 0 Å². The predicted octanol–water partition coefficient (Wildman–Crippen LogP) is 3.79. The molecule has 0 bridgehead atoms. The summed E-state index contributed by atoms with van der Waals surface area (Å²) in [5.41, 5.74) is 1.91. The summed E-state index contributed by atoms with van der Waals surface area (Å²) in [5, 5.41) is 3.79. The fraction of sp³-hybridized carbons (Fsp3) is 0.647. The van der Waals surface area contributed by atoms with Gasteiger partial charge in [-0.25, -0.2) is 0 Å². The molecular weight excluding hydrogens is 234 g/mol. The van der Waals surface area contributed by atoms with Gasteiger partial charge in [0.2, 0.25) is 0 Å². The average Bonchev–Trinajstić information content (AvgIpc) is 3.18. The first-order valence-electron chi connectivity index (χ1n) is 7.44. The highest BCUT2D eigenvalue weighted by molar-refractivity contribution is 5.19. The Balaban J connectivity index is 1.92. The van der Waals surface area contributed by atoms with E-state index >= 15 is 0 Å². The van der Waals surface area contributed by atoms with Crippen LogP contribution >= 0.6 is 0 Å². The number of benzene rings is 1. The monoisotopic (exact) mass is 261 g/mol. The van der Waals surface area contributed by atoms with Gasteiger partial charge in [0.15, 0.2) is 0 Å². The topological polar surface area (TPSA) is 21.3 Å². The third-order valence-electron chi connectivity index (χ3n) is 4.32. The Kier molecular flexibility index (Phi) is 5.00. The number of ether oxygens (including phenoxy) is 1. The van der Waals surface area contributed by atoms with Gasteiger partial charge in [-0.2, -0.15) is 0 Å². The standard InChI is InChI=1S/C17H27NO/c1-14(2)16(15-7-5-4-6-8-15)18-13-17(9-10-17)11-12-19-3/h4-8,14,16,18H,9-13H2,1-3H3. The zero-order chi connectivity index (χ0) is 13.7. The zero-order valence-corrected chi connectivity index (χ0v) is 12.5. The van der Waals surface area contributed by atoms with Crippen molar-refractivity contribution in [3.63, 3.8) is 0 Å². The van der Waals surface area contributed by atoms with Crippen molar-refractivity contribution >= 4 is 0 Å². The van der Waals surface area contributed by atoms with Crippen LogP contribution in [0.4, 0.5) is 0 Å². The molecule has 1 aromatic rings. The van der Waals surface area contributed by atoms with Gasteiger partial charge in [-0.15, -0.1) is 0 Å². The second kappa shape index (κ2) is 6.53. The summed E-state index contributed by atoms with van der Waals surface area (Å²) >= 11 is 0. The molecule has 1 fully saturated rings.